The van der Waals surface area contributed by atoms with Gasteiger partial charge in [-0.3, -0.25) is 9.69 Å². The average molecular weight is 217 g/mol. The van der Waals surface area contributed by atoms with Gasteiger partial charge >= 0.3 is 5.97 Å². The van der Waals surface area contributed by atoms with Crippen molar-refractivity contribution in [2.75, 3.05) is 18.1 Å². The molecule has 3 nitrogen and oxygen atoms in total. The maximum absolute atomic E-state index is 10.7. The Balaban J connectivity index is 2.51. The fourth-order valence-corrected chi connectivity index (χ4v) is 2.99. The first kappa shape index (κ1) is 11.9. The smallest absolute Gasteiger partial charge is 0.317 e. The lowest BCUT2D eigenvalue weighted by atomic mass is 10.1. The third-order valence-corrected chi connectivity index (χ3v) is 3.69. The van der Waals surface area contributed by atoms with Crippen LogP contribution in [0.2, 0.25) is 0 Å². The first-order valence-electron chi connectivity index (χ1n) is 5.16. The SMILES string of the molecule is CC(C)N(CC(=O)O)C1CCSCC1. The average Bonchev–Trinajstić information content (AvgIpc) is 2.15. The lowest BCUT2D eigenvalue weighted by molar-refractivity contribution is -0.139. The summed E-state index contributed by atoms with van der Waals surface area (Å²) in [5.74, 6) is 1.64. The molecular formula is C10H19NO2S. The number of carbonyl (C=O) groups is 1. The van der Waals surface area contributed by atoms with E-state index < -0.39 is 5.97 Å². The molecule has 0 aliphatic carbocycles. The van der Waals surface area contributed by atoms with E-state index in [1.165, 1.54) is 11.5 Å². The van der Waals surface area contributed by atoms with Crippen molar-refractivity contribution in [1.29, 1.82) is 0 Å². The van der Waals surface area contributed by atoms with Crippen LogP contribution in [0.3, 0.4) is 0 Å². The van der Waals surface area contributed by atoms with Crippen molar-refractivity contribution < 1.29 is 9.90 Å². The zero-order valence-corrected chi connectivity index (χ0v) is 9.72. The van der Waals surface area contributed by atoms with Crippen LogP contribution in [0.15, 0.2) is 0 Å². The molecular weight excluding hydrogens is 198 g/mol. The van der Waals surface area contributed by atoms with Gasteiger partial charge in [0, 0.05) is 12.1 Å². The summed E-state index contributed by atoms with van der Waals surface area (Å²) in [6.45, 7) is 4.34. The Morgan fingerprint density at radius 2 is 2.07 bits per heavy atom. The van der Waals surface area contributed by atoms with E-state index in [-0.39, 0.29) is 6.54 Å². The lowest BCUT2D eigenvalue weighted by Crippen LogP contribution is -2.45. The highest BCUT2D eigenvalue weighted by molar-refractivity contribution is 7.99. The van der Waals surface area contributed by atoms with E-state index in [0.29, 0.717) is 12.1 Å². The molecule has 0 aromatic carbocycles. The molecule has 0 aromatic rings. The molecule has 82 valence electrons. The van der Waals surface area contributed by atoms with Gasteiger partial charge < -0.3 is 5.11 Å². The summed E-state index contributed by atoms with van der Waals surface area (Å²) in [6.07, 6.45) is 2.27. The quantitative estimate of drug-likeness (QED) is 0.778. The number of aliphatic carboxylic acids is 1. The van der Waals surface area contributed by atoms with E-state index in [2.05, 4.69) is 18.7 Å². The summed E-state index contributed by atoms with van der Waals surface area (Å²) < 4.78 is 0. The summed E-state index contributed by atoms with van der Waals surface area (Å²) in [5.41, 5.74) is 0. The first-order chi connectivity index (χ1) is 6.61. The molecule has 1 N–H and O–H groups in total. The standard InChI is InChI=1S/C10H19NO2S/c1-8(2)11(7-10(12)13)9-3-5-14-6-4-9/h8-9H,3-7H2,1-2H3,(H,12,13). The van der Waals surface area contributed by atoms with Crippen molar-refractivity contribution in [2.45, 2.75) is 38.8 Å². The fraction of sp³-hybridized carbons (Fsp3) is 0.900. The van der Waals surface area contributed by atoms with Crippen LogP contribution in [-0.4, -0.2) is 46.1 Å². The molecule has 1 aliphatic heterocycles. The van der Waals surface area contributed by atoms with Gasteiger partial charge in [0.15, 0.2) is 0 Å². The number of carboxylic acids is 1. The van der Waals surface area contributed by atoms with Gasteiger partial charge in [-0.1, -0.05) is 0 Å². The highest BCUT2D eigenvalue weighted by Gasteiger charge is 2.24. The molecule has 14 heavy (non-hydrogen) atoms. The molecule has 1 rings (SSSR count). The highest BCUT2D eigenvalue weighted by atomic mass is 32.2. The Bertz CT molecular complexity index is 191. The zero-order chi connectivity index (χ0) is 10.6. The van der Waals surface area contributed by atoms with Gasteiger partial charge in [0.25, 0.3) is 0 Å². The zero-order valence-electron chi connectivity index (χ0n) is 8.90. The molecule has 4 heteroatoms. The molecule has 1 heterocycles. The molecule has 0 saturated carbocycles. The van der Waals surface area contributed by atoms with Crippen molar-refractivity contribution in [3.05, 3.63) is 0 Å². The van der Waals surface area contributed by atoms with E-state index >= 15 is 0 Å². The molecule has 1 fully saturated rings. The van der Waals surface area contributed by atoms with Crippen LogP contribution in [0, 0.1) is 0 Å². The Morgan fingerprint density at radius 1 is 1.50 bits per heavy atom. The molecule has 0 atom stereocenters. The van der Waals surface area contributed by atoms with Crippen LogP contribution < -0.4 is 0 Å². The molecule has 0 aromatic heterocycles. The van der Waals surface area contributed by atoms with Crippen molar-refractivity contribution in [1.82, 2.24) is 4.90 Å². The fourth-order valence-electron chi connectivity index (χ4n) is 1.91. The predicted molar refractivity (Wildman–Crippen MR) is 59.8 cm³/mol. The van der Waals surface area contributed by atoms with Gasteiger partial charge in [-0.25, -0.2) is 0 Å². The van der Waals surface area contributed by atoms with E-state index in [1.807, 2.05) is 11.8 Å². The first-order valence-corrected chi connectivity index (χ1v) is 6.32. The highest BCUT2D eigenvalue weighted by Crippen LogP contribution is 2.22. The summed E-state index contributed by atoms with van der Waals surface area (Å²) in [5, 5.41) is 8.82. The van der Waals surface area contributed by atoms with E-state index in [9.17, 15) is 4.79 Å². The van der Waals surface area contributed by atoms with Crippen molar-refractivity contribution in [3.63, 3.8) is 0 Å². The minimum atomic E-state index is -0.711. The van der Waals surface area contributed by atoms with Gasteiger partial charge in [0.05, 0.1) is 6.54 Å². The molecule has 0 radical (unpaired) electrons. The summed E-state index contributed by atoms with van der Waals surface area (Å²) in [7, 11) is 0. The molecule has 0 amide bonds. The minimum Gasteiger partial charge on any atom is -0.480 e. The Labute approximate surface area is 89.9 Å². The second kappa shape index (κ2) is 5.61. The number of rotatable bonds is 4. The maximum atomic E-state index is 10.7. The van der Waals surface area contributed by atoms with Gasteiger partial charge in [-0.05, 0) is 38.2 Å². The molecule has 0 bridgehead atoms. The van der Waals surface area contributed by atoms with Crippen LogP contribution in [0.1, 0.15) is 26.7 Å². The molecule has 1 aliphatic rings. The Morgan fingerprint density at radius 3 is 2.50 bits per heavy atom. The number of hydrogen-bond donors (Lipinski definition) is 1. The summed E-state index contributed by atoms with van der Waals surface area (Å²) in [6, 6.07) is 0.812. The summed E-state index contributed by atoms with van der Waals surface area (Å²) in [4.78, 5) is 12.8. The largest absolute Gasteiger partial charge is 0.480 e. The second-order valence-electron chi connectivity index (χ2n) is 4.00. The van der Waals surface area contributed by atoms with Crippen LogP contribution in [0.4, 0.5) is 0 Å². The van der Waals surface area contributed by atoms with Crippen LogP contribution in [-0.2, 0) is 4.79 Å². The number of thioether (sulfide) groups is 1. The normalized spacial score (nSPS) is 19.1. The van der Waals surface area contributed by atoms with Crippen LogP contribution in [0.25, 0.3) is 0 Å². The lowest BCUT2D eigenvalue weighted by Gasteiger charge is -2.35. The number of carboxylic acid groups (broad SMARTS) is 1. The third-order valence-electron chi connectivity index (χ3n) is 2.64. The Hall–Kier alpha value is -0.220. The van der Waals surface area contributed by atoms with E-state index in [4.69, 9.17) is 5.11 Å². The van der Waals surface area contributed by atoms with Gasteiger partial charge in [0.1, 0.15) is 0 Å². The minimum absolute atomic E-state index is 0.188. The number of hydrogen-bond acceptors (Lipinski definition) is 3. The van der Waals surface area contributed by atoms with Gasteiger partial charge in [-0.15, -0.1) is 0 Å². The van der Waals surface area contributed by atoms with Crippen LogP contribution >= 0.6 is 11.8 Å². The molecule has 1 saturated heterocycles. The van der Waals surface area contributed by atoms with Crippen LogP contribution in [0.5, 0.6) is 0 Å². The van der Waals surface area contributed by atoms with Crippen molar-refractivity contribution >= 4 is 17.7 Å². The summed E-state index contributed by atoms with van der Waals surface area (Å²) >= 11 is 1.97. The van der Waals surface area contributed by atoms with Crippen molar-refractivity contribution in [2.24, 2.45) is 0 Å². The Kier molecular flexibility index (Phi) is 4.75. The second-order valence-corrected chi connectivity index (χ2v) is 5.23. The molecule has 0 spiro atoms. The topological polar surface area (TPSA) is 40.5 Å². The number of nitrogens with zero attached hydrogens (tertiary/aromatic N) is 1. The van der Waals surface area contributed by atoms with Crippen molar-refractivity contribution in [3.8, 4) is 0 Å². The monoisotopic (exact) mass is 217 g/mol. The molecule has 0 unspecified atom stereocenters. The van der Waals surface area contributed by atoms with Gasteiger partial charge in [-0.2, -0.15) is 11.8 Å². The third kappa shape index (κ3) is 3.50. The predicted octanol–water partition coefficient (Wildman–Crippen LogP) is 1.68. The maximum Gasteiger partial charge on any atom is 0.317 e. The van der Waals surface area contributed by atoms with Gasteiger partial charge in [0.2, 0.25) is 0 Å². The van der Waals surface area contributed by atoms with E-state index in [0.717, 1.165) is 12.8 Å². The van der Waals surface area contributed by atoms with E-state index in [1.54, 1.807) is 0 Å².